The summed E-state index contributed by atoms with van der Waals surface area (Å²) in [5, 5.41) is 20.6. The van der Waals surface area contributed by atoms with E-state index < -0.39 is 27.3 Å². The maximum atomic E-state index is 12.3. The number of aliphatic hydroxyl groups excluding tert-OH is 1. The number of nitrogens with one attached hydrogen (secondary N) is 2. The fourth-order valence-corrected chi connectivity index (χ4v) is 5.23. The van der Waals surface area contributed by atoms with Crippen molar-refractivity contribution in [2.24, 2.45) is 0 Å². The third-order valence-electron chi connectivity index (χ3n) is 4.49. The molecule has 4 N–H and O–H groups in total. The van der Waals surface area contributed by atoms with Gasteiger partial charge in [0.05, 0.1) is 23.7 Å². The maximum Gasteiger partial charge on any atom is 0.268 e. The molecule has 1 aliphatic heterocycles. The molecule has 2 rings (SSSR count). The molecular formula is C19H21N3O6S. The molecule has 0 bridgehead atoms. The Morgan fingerprint density at radius 1 is 1.31 bits per heavy atom. The van der Waals surface area contributed by atoms with Gasteiger partial charge in [0.1, 0.15) is 6.04 Å². The van der Waals surface area contributed by atoms with E-state index in [-0.39, 0.29) is 18.1 Å². The Labute approximate surface area is 169 Å². The van der Waals surface area contributed by atoms with Crippen molar-refractivity contribution in [1.82, 2.24) is 10.8 Å². The van der Waals surface area contributed by atoms with Gasteiger partial charge < -0.3 is 15.3 Å². The van der Waals surface area contributed by atoms with Crippen LogP contribution in [0.3, 0.4) is 0 Å². The first-order chi connectivity index (χ1) is 13.8. The Hall–Kier alpha value is -2.89. The lowest BCUT2D eigenvalue weighted by atomic mass is 9.90. The number of hydrogen-bond acceptors (Lipinski definition) is 7. The van der Waals surface area contributed by atoms with Crippen LogP contribution in [0.4, 0.5) is 5.69 Å². The molecule has 0 aliphatic carbocycles. The number of carbonyl (C=O) groups excluding carboxylic acids is 2. The van der Waals surface area contributed by atoms with Gasteiger partial charge in [0.2, 0.25) is 6.41 Å². The normalized spacial score (nSPS) is 16.7. The second kappa shape index (κ2) is 9.54. The average Bonchev–Trinajstić information content (AvgIpc) is 2.69. The van der Waals surface area contributed by atoms with Gasteiger partial charge in [-0.25, -0.2) is 13.9 Å². The van der Waals surface area contributed by atoms with Gasteiger partial charge in [-0.2, -0.15) is 0 Å². The second-order valence-electron chi connectivity index (χ2n) is 6.40. The fraction of sp³-hybridized carbons (Fsp3) is 0.368. The van der Waals surface area contributed by atoms with E-state index in [1.54, 1.807) is 24.3 Å². The zero-order chi connectivity index (χ0) is 21.5. The number of nitrogens with zero attached hydrogens (tertiary/aromatic N) is 1. The first-order valence-electron chi connectivity index (χ1n) is 8.59. The Morgan fingerprint density at radius 2 is 1.97 bits per heavy atom. The van der Waals surface area contributed by atoms with Gasteiger partial charge in [-0.15, -0.1) is 0 Å². The minimum Gasteiger partial charge on any atom is -0.395 e. The van der Waals surface area contributed by atoms with Crippen LogP contribution in [0, 0.1) is 23.7 Å². The third-order valence-corrected chi connectivity index (χ3v) is 6.40. The van der Waals surface area contributed by atoms with E-state index in [0.29, 0.717) is 24.1 Å². The number of benzene rings is 1. The van der Waals surface area contributed by atoms with E-state index in [1.807, 2.05) is 0 Å². The molecular weight excluding hydrogens is 398 g/mol. The molecule has 0 radical (unpaired) electrons. The summed E-state index contributed by atoms with van der Waals surface area (Å²) in [5.41, 5.74) is 1.21. The quantitative estimate of drug-likeness (QED) is 0.186. The summed E-state index contributed by atoms with van der Waals surface area (Å²) in [6.45, 7) is -0.0388. The monoisotopic (exact) mass is 419 g/mol. The highest BCUT2D eigenvalue weighted by Gasteiger charge is 2.57. The summed E-state index contributed by atoms with van der Waals surface area (Å²) in [7, 11) is -1.86. The minimum atomic E-state index is -3.35. The molecule has 10 heteroatoms. The number of likely N-dealkylation sites (N-methyl/N-ethyl adjacent to an activating group) is 1. The van der Waals surface area contributed by atoms with Crippen LogP contribution in [0.15, 0.2) is 24.3 Å². The first kappa shape index (κ1) is 22.4. The summed E-state index contributed by atoms with van der Waals surface area (Å²) in [6.07, 6.45) is 0.740. The van der Waals surface area contributed by atoms with Crippen LogP contribution in [-0.4, -0.2) is 67.8 Å². The van der Waals surface area contributed by atoms with Gasteiger partial charge in [-0.3, -0.25) is 14.8 Å². The highest BCUT2D eigenvalue weighted by Crippen LogP contribution is 2.32. The summed E-state index contributed by atoms with van der Waals surface area (Å²) >= 11 is 0. The van der Waals surface area contributed by atoms with Gasteiger partial charge in [0, 0.05) is 17.7 Å². The molecule has 1 unspecified atom stereocenters. The lowest BCUT2D eigenvalue weighted by Crippen LogP contribution is -2.76. The first-order valence-corrected chi connectivity index (χ1v) is 10.4. The number of hydroxylamine groups is 1. The zero-order valence-electron chi connectivity index (χ0n) is 15.7. The van der Waals surface area contributed by atoms with Crippen LogP contribution >= 0.6 is 0 Å². The van der Waals surface area contributed by atoms with Crippen LogP contribution < -0.4 is 15.7 Å². The molecule has 1 aromatic carbocycles. The Kier molecular flexibility index (Phi) is 7.37. The predicted octanol–water partition coefficient (Wildman–Crippen LogP) is -1.35. The molecule has 1 aromatic rings. The van der Waals surface area contributed by atoms with Crippen molar-refractivity contribution >= 4 is 27.8 Å². The zero-order valence-corrected chi connectivity index (χ0v) is 16.5. The molecule has 0 aromatic heterocycles. The number of carbonyl (C=O) groups is 2. The topological polar surface area (TPSA) is 136 Å². The minimum absolute atomic E-state index is 0.0388. The molecule has 1 fully saturated rings. The number of anilines is 1. The molecule has 1 heterocycles. The highest BCUT2D eigenvalue weighted by atomic mass is 32.2. The van der Waals surface area contributed by atoms with E-state index in [1.165, 1.54) is 12.5 Å². The SMILES string of the molecule is CNC1(C(C(=O)NO)N(C=O)c2ccc(C#CC#CCCO)cc2)CS(=O)(=O)C1. The summed E-state index contributed by atoms with van der Waals surface area (Å²) in [6, 6.07) is 5.04. The van der Waals surface area contributed by atoms with Crippen LogP contribution in [-0.2, 0) is 19.4 Å². The van der Waals surface area contributed by atoms with Gasteiger partial charge in [-0.1, -0.05) is 11.8 Å². The van der Waals surface area contributed by atoms with Gasteiger partial charge in [-0.05, 0) is 43.2 Å². The molecule has 154 valence electrons. The van der Waals surface area contributed by atoms with Gasteiger partial charge >= 0.3 is 0 Å². The highest BCUT2D eigenvalue weighted by molar-refractivity contribution is 7.93. The Balaban J connectivity index is 2.33. The van der Waals surface area contributed by atoms with Crippen LogP contribution in [0.5, 0.6) is 0 Å². The Bertz CT molecular complexity index is 971. The molecule has 9 nitrogen and oxygen atoms in total. The van der Waals surface area contributed by atoms with Gasteiger partial charge in [0.15, 0.2) is 9.84 Å². The lowest BCUT2D eigenvalue weighted by Gasteiger charge is -2.48. The van der Waals surface area contributed by atoms with Crippen LogP contribution in [0.25, 0.3) is 0 Å². The lowest BCUT2D eigenvalue weighted by molar-refractivity contribution is -0.133. The molecule has 0 saturated carbocycles. The van der Waals surface area contributed by atoms with Crippen molar-refractivity contribution in [3.05, 3.63) is 29.8 Å². The van der Waals surface area contributed by atoms with E-state index in [9.17, 15) is 18.0 Å². The molecule has 1 saturated heterocycles. The smallest absolute Gasteiger partial charge is 0.268 e. The van der Waals surface area contributed by atoms with Gasteiger partial charge in [0.25, 0.3) is 5.91 Å². The molecule has 2 amide bonds. The molecule has 0 spiro atoms. The standard InChI is InChI=1S/C19H21N3O6S/c1-20-19(12-29(27,28)13-19)17(18(25)21-26)22(14-24)16-9-7-15(8-10-16)6-4-2-3-5-11-23/h7-10,14,17,20,23,26H,5,11-13H2,1H3,(H,21,25). The fourth-order valence-electron chi connectivity index (χ4n) is 3.14. The van der Waals surface area contributed by atoms with Crippen molar-refractivity contribution in [2.75, 3.05) is 30.1 Å². The number of sulfone groups is 1. The van der Waals surface area contributed by atoms with E-state index in [0.717, 1.165) is 4.90 Å². The summed E-state index contributed by atoms with van der Waals surface area (Å²) in [4.78, 5) is 25.2. The largest absolute Gasteiger partial charge is 0.395 e. The van der Waals surface area contributed by atoms with Crippen molar-refractivity contribution in [2.45, 2.75) is 18.0 Å². The molecule has 29 heavy (non-hydrogen) atoms. The molecule has 1 aliphatic rings. The van der Waals surface area contributed by atoms with E-state index >= 15 is 0 Å². The van der Waals surface area contributed by atoms with E-state index in [4.69, 9.17) is 10.3 Å². The third kappa shape index (κ3) is 5.13. The number of amides is 2. The van der Waals surface area contributed by atoms with Crippen molar-refractivity contribution in [3.8, 4) is 23.7 Å². The van der Waals surface area contributed by atoms with Crippen molar-refractivity contribution in [1.29, 1.82) is 0 Å². The van der Waals surface area contributed by atoms with Crippen molar-refractivity contribution < 1.29 is 28.3 Å². The number of aliphatic hydroxyl groups is 1. The second-order valence-corrected chi connectivity index (χ2v) is 8.47. The predicted molar refractivity (Wildman–Crippen MR) is 106 cm³/mol. The average molecular weight is 419 g/mol. The molecule has 1 atom stereocenters. The summed E-state index contributed by atoms with van der Waals surface area (Å²) < 4.78 is 23.5. The van der Waals surface area contributed by atoms with Crippen LogP contribution in [0.2, 0.25) is 0 Å². The van der Waals surface area contributed by atoms with Crippen LogP contribution in [0.1, 0.15) is 12.0 Å². The van der Waals surface area contributed by atoms with E-state index in [2.05, 4.69) is 29.0 Å². The van der Waals surface area contributed by atoms with Crippen molar-refractivity contribution in [3.63, 3.8) is 0 Å². The Morgan fingerprint density at radius 3 is 2.45 bits per heavy atom. The summed E-state index contributed by atoms with van der Waals surface area (Å²) in [5.74, 6) is 9.08. The number of hydrogen-bond donors (Lipinski definition) is 4. The number of rotatable bonds is 7. The maximum absolute atomic E-state index is 12.3.